The molecule has 1 heterocycles. The molecule has 1 saturated heterocycles. The SMILES string of the molecule is Cc1ccc(CNC(=O)N2CCC[C@H]2C(=O)Nc2ccccc2)cc1F. The number of hydrogen-bond acceptors (Lipinski definition) is 2. The Kier molecular flexibility index (Phi) is 5.51. The van der Waals surface area contributed by atoms with E-state index in [4.69, 9.17) is 0 Å². The van der Waals surface area contributed by atoms with Gasteiger partial charge in [-0.05, 0) is 49.1 Å². The minimum Gasteiger partial charge on any atom is -0.334 e. The van der Waals surface area contributed by atoms with E-state index in [1.807, 2.05) is 30.3 Å². The molecule has 1 aliphatic heterocycles. The van der Waals surface area contributed by atoms with Gasteiger partial charge in [-0.15, -0.1) is 0 Å². The van der Waals surface area contributed by atoms with Crippen molar-refractivity contribution in [2.75, 3.05) is 11.9 Å². The van der Waals surface area contributed by atoms with Gasteiger partial charge in [-0.3, -0.25) is 4.79 Å². The zero-order valence-corrected chi connectivity index (χ0v) is 14.7. The molecule has 3 rings (SSSR count). The molecule has 0 radical (unpaired) electrons. The van der Waals surface area contributed by atoms with Crippen LogP contribution in [0.5, 0.6) is 0 Å². The molecule has 5 nitrogen and oxygen atoms in total. The van der Waals surface area contributed by atoms with Crippen LogP contribution >= 0.6 is 0 Å². The van der Waals surface area contributed by atoms with Gasteiger partial charge in [0, 0.05) is 18.8 Å². The van der Waals surface area contributed by atoms with Crippen LogP contribution in [0.25, 0.3) is 0 Å². The van der Waals surface area contributed by atoms with Crippen molar-refractivity contribution in [2.45, 2.75) is 32.4 Å². The summed E-state index contributed by atoms with van der Waals surface area (Å²) >= 11 is 0. The summed E-state index contributed by atoms with van der Waals surface area (Å²) in [4.78, 5) is 26.5. The third-order valence-corrected chi connectivity index (χ3v) is 4.54. The molecule has 2 aromatic carbocycles. The van der Waals surface area contributed by atoms with Crippen LogP contribution in [-0.4, -0.2) is 29.4 Å². The van der Waals surface area contributed by atoms with Crippen molar-refractivity contribution in [2.24, 2.45) is 0 Å². The molecule has 0 aliphatic carbocycles. The number of carbonyl (C=O) groups is 2. The summed E-state index contributed by atoms with van der Waals surface area (Å²) in [5.41, 5.74) is 1.96. The maximum absolute atomic E-state index is 13.6. The number of nitrogens with one attached hydrogen (secondary N) is 2. The number of para-hydroxylation sites is 1. The van der Waals surface area contributed by atoms with Gasteiger partial charge in [0.25, 0.3) is 0 Å². The van der Waals surface area contributed by atoms with Crippen LogP contribution in [0.15, 0.2) is 48.5 Å². The predicted molar refractivity (Wildman–Crippen MR) is 98.2 cm³/mol. The molecule has 0 aromatic heterocycles. The van der Waals surface area contributed by atoms with Gasteiger partial charge in [0.1, 0.15) is 11.9 Å². The minimum atomic E-state index is -0.495. The highest BCUT2D eigenvalue weighted by atomic mass is 19.1. The van der Waals surface area contributed by atoms with Gasteiger partial charge in [0.15, 0.2) is 0 Å². The van der Waals surface area contributed by atoms with Crippen molar-refractivity contribution >= 4 is 17.6 Å². The number of nitrogens with zero attached hydrogens (tertiary/aromatic N) is 1. The lowest BCUT2D eigenvalue weighted by molar-refractivity contribution is -0.119. The number of rotatable bonds is 4. The first-order chi connectivity index (χ1) is 12.5. The van der Waals surface area contributed by atoms with E-state index < -0.39 is 6.04 Å². The Bertz CT molecular complexity index is 795. The van der Waals surface area contributed by atoms with Crippen LogP contribution in [-0.2, 0) is 11.3 Å². The second kappa shape index (κ2) is 7.99. The number of halogens is 1. The molecule has 1 atom stereocenters. The summed E-state index contributed by atoms with van der Waals surface area (Å²) in [5.74, 6) is -0.483. The summed E-state index contributed by atoms with van der Waals surface area (Å²) in [6.45, 7) is 2.44. The molecule has 136 valence electrons. The van der Waals surface area contributed by atoms with Crippen LogP contribution in [0.1, 0.15) is 24.0 Å². The van der Waals surface area contributed by atoms with Crippen molar-refractivity contribution in [3.63, 3.8) is 0 Å². The molecular formula is C20H22FN3O2. The van der Waals surface area contributed by atoms with Gasteiger partial charge in [0.2, 0.25) is 5.91 Å². The average molecular weight is 355 g/mol. The Labute approximate surface area is 152 Å². The Hall–Kier alpha value is -2.89. The first kappa shape index (κ1) is 17.9. The largest absolute Gasteiger partial charge is 0.334 e. The lowest BCUT2D eigenvalue weighted by Crippen LogP contribution is -2.47. The van der Waals surface area contributed by atoms with Gasteiger partial charge in [-0.1, -0.05) is 30.3 Å². The minimum absolute atomic E-state index is 0.190. The summed E-state index contributed by atoms with van der Waals surface area (Å²) in [6, 6.07) is 13.3. The van der Waals surface area contributed by atoms with Crippen LogP contribution in [0.4, 0.5) is 14.9 Å². The fourth-order valence-electron chi connectivity index (χ4n) is 3.05. The highest BCUT2D eigenvalue weighted by Gasteiger charge is 2.34. The highest BCUT2D eigenvalue weighted by molar-refractivity contribution is 5.97. The standard InChI is InChI=1S/C20H22FN3O2/c1-14-9-10-15(12-17(14)21)13-22-20(26)24-11-5-8-18(24)19(25)23-16-6-3-2-4-7-16/h2-4,6-7,9-10,12,18H,5,8,11,13H2,1H3,(H,22,26)(H,23,25)/t18-/m0/s1. The number of urea groups is 1. The molecule has 26 heavy (non-hydrogen) atoms. The molecule has 0 bridgehead atoms. The molecule has 0 unspecified atom stereocenters. The Morgan fingerprint density at radius 1 is 1.19 bits per heavy atom. The zero-order chi connectivity index (χ0) is 18.5. The smallest absolute Gasteiger partial charge is 0.318 e. The van der Waals surface area contributed by atoms with Gasteiger partial charge in [-0.2, -0.15) is 0 Å². The second-order valence-electron chi connectivity index (χ2n) is 6.45. The van der Waals surface area contributed by atoms with E-state index >= 15 is 0 Å². The van der Waals surface area contributed by atoms with Gasteiger partial charge in [-0.25, -0.2) is 9.18 Å². The molecule has 1 fully saturated rings. The molecule has 2 aromatic rings. The molecule has 0 spiro atoms. The first-order valence-corrected chi connectivity index (χ1v) is 8.70. The number of anilines is 1. The van der Waals surface area contributed by atoms with Crippen LogP contribution in [0.3, 0.4) is 0 Å². The van der Waals surface area contributed by atoms with Crippen LogP contribution < -0.4 is 10.6 Å². The normalized spacial score (nSPS) is 16.4. The fraction of sp³-hybridized carbons (Fsp3) is 0.300. The number of hydrogen-bond donors (Lipinski definition) is 2. The summed E-state index contributed by atoms with van der Waals surface area (Å²) < 4.78 is 13.6. The lowest BCUT2D eigenvalue weighted by Gasteiger charge is -2.24. The van der Waals surface area contributed by atoms with Crippen molar-refractivity contribution in [3.05, 3.63) is 65.5 Å². The van der Waals surface area contributed by atoms with Crippen molar-refractivity contribution in [3.8, 4) is 0 Å². The van der Waals surface area contributed by atoms with Gasteiger partial charge >= 0.3 is 6.03 Å². The number of aryl methyl sites for hydroxylation is 1. The number of amides is 3. The summed E-state index contributed by atoms with van der Waals surface area (Å²) in [6.07, 6.45) is 1.41. The van der Waals surface area contributed by atoms with Crippen molar-refractivity contribution < 1.29 is 14.0 Å². The highest BCUT2D eigenvalue weighted by Crippen LogP contribution is 2.19. The third kappa shape index (κ3) is 4.20. The molecule has 3 amide bonds. The summed E-state index contributed by atoms with van der Waals surface area (Å²) in [5, 5.41) is 5.62. The second-order valence-corrected chi connectivity index (χ2v) is 6.45. The van der Waals surface area contributed by atoms with Crippen LogP contribution in [0.2, 0.25) is 0 Å². The Morgan fingerprint density at radius 3 is 2.69 bits per heavy atom. The zero-order valence-electron chi connectivity index (χ0n) is 14.7. The maximum atomic E-state index is 13.6. The lowest BCUT2D eigenvalue weighted by atomic mass is 10.1. The molecule has 0 saturated carbocycles. The molecule has 6 heteroatoms. The van der Waals surface area contributed by atoms with Gasteiger partial charge in [0.05, 0.1) is 0 Å². The van der Waals surface area contributed by atoms with E-state index in [1.165, 1.54) is 6.07 Å². The predicted octanol–water partition coefficient (Wildman–Crippen LogP) is 3.45. The summed E-state index contributed by atoms with van der Waals surface area (Å²) in [7, 11) is 0. The quantitative estimate of drug-likeness (QED) is 0.882. The average Bonchev–Trinajstić information content (AvgIpc) is 3.13. The topological polar surface area (TPSA) is 61.4 Å². The third-order valence-electron chi connectivity index (χ3n) is 4.54. The number of benzene rings is 2. The maximum Gasteiger partial charge on any atom is 0.318 e. The Morgan fingerprint density at radius 2 is 1.96 bits per heavy atom. The fourth-order valence-corrected chi connectivity index (χ4v) is 3.05. The monoisotopic (exact) mass is 355 g/mol. The van der Waals surface area contributed by atoms with Crippen molar-refractivity contribution in [1.29, 1.82) is 0 Å². The van der Waals surface area contributed by atoms with E-state index in [2.05, 4.69) is 10.6 Å². The van der Waals surface area contributed by atoms with E-state index in [9.17, 15) is 14.0 Å². The van der Waals surface area contributed by atoms with Crippen molar-refractivity contribution in [1.82, 2.24) is 10.2 Å². The number of carbonyl (C=O) groups excluding carboxylic acids is 2. The first-order valence-electron chi connectivity index (χ1n) is 8.70. The van der Waals surface area contributed by atoms with E-state index in [1.54, 1.807) is 24.0 Å². The van der Waals surface area contributed by atoms with Gasteiger partial charge < -0.3 is 15.5 Å². The molecule has 2 N–H and O–H groups in total. The molecular weight excluding hydrogens is 333 g/mol. The Balaban J connectivity index is 1.59. The van der Waals surface area contributed by atoms with E-state index in [0.717, 1.165) is 6.42 Å². The van der Waals surface area contributed by atoms with E-state index in [0.29, 0.717) is 29.8 Å². The number of likely N-dealkylation sites (tertiary alicyclic amines) is 1. The van der Waals surface area contributed by atoms with E-state index in [-0.39, 0.29) is 24.3 Å². The van der Waals surface area contributed by atoms with Crippen LogP contribution in [0, 0.1) is 12.7 Å². The molecule has 1 aliphatic rings.